The van der Waals surface area contributed by atoms with E-state index in [4.69, 9.17) is 35.3 Å². The third-order valence-electron chi connectivity index (χ3n) is 11.7. The Hall–Kier alpha value is -5.27. The van der Waals surface area contributed by atoms with E-state index >= 15 is 0 Å². The maximum absolute atomic E-state index is 13.2. The zero-order valence-corrected chi connectivity index (χ0v) is 34.0. The molecule has 4 aromatic carbocycles. The van der Waals surface area contributed by atoms with Gasteiger partial charge in [0.2, 0.25) is 12.0 Å². The number of allylic oxidation sites excluding steroid dienone is 4. The van der Waals surface area contributed by atoms with Gasteiger partial charge in [-0.1, -0.05) is 60.1 Å². The normalized spacial score (nSPS) is 23.4. The van der Waals surface area contributed by atoms with E-state index in [1.807, 2.05) is 24.3 Å². The molecular formula is C47H47ClNO10+. The Morgan fingerprint density at radius 1 is 0.932 bits per heavy atom. The number of aliphatic hydroxyl groups is 4. The summed E-state index contributed by atoms with van der Waals surface area (Å²) in [4.78, 5) is 13.2. The highest BCUT2D eigenvalue weighted by Gasteiger charge is 2.45. The summed E-state index contributed by atoms with van der Waals surface area (Å²) in [6, 6.07) is 26.4. The molecule has 59 heavy (non-hydrogen) atoms. The Morgan fingerprint density at radius 2 is 1.68 bits per heavy atom. The number of halogens is 1. The second-order valence-corrected chi connectivity index (χ2v) is 16.1. The monoisotopic (exact) mass is 820 g/mol. The summed E-state index contributed by atoms with van der Waals surface area (Å²) in [7, 11) is 3.48. The molecule has 3 heterocycles. The molecule has 0 aromatic heterocycles. The molecule has 306 valence electrons. The average Bonchev–Trinajstić information content (AvgIpc) is 3.44. The summed E-state index contributed by atoms with van der Waals surface area (Å²) >= 11 is 6.97. The molecule has 4 aliphatic rings. The predicted octanol–water partition coefficient (Wildman–Crippen LogP) is 6.78. The molecule has 0 bridgehead atoms. The standard InChI is InChI=1S/C47H47ClNO10/c1-47(2)33-14-7-8-15-35(33)49(3)39(47)21-18-27-10-9-13-31-40(29-11-5-6-12-30(29)45(54)55-4)32-22-34(48)37(23-36(32)58-44(27)31)56-25-26-16-19-28(20-17-26)57-46-43(53)42(52)41(51)38(24-50)59-46/h5-8,11-12,14-23,38,41-43,46,50-53H,9-10,13,24-25H2,1-4H3/q+1/b21-18+/t38-,41+,42+,43-,46?/m1/s1. The van der Waals surface area contributed by atoms with Crippen molar-refractivity contribution >= 4 is 34.5 Å². The van der Waals surface area contributed by atoms with Gasteiger partial charge in [-0.15, -0.1) is 0 Å². The van der Waals surface area contributed by atoms with Crippen molar-refractivity contribution in [3.05, 3.63) is 147 Å². The Balaban J connectivity index is 1.11. The predicted molar refractivity (Wildman–Crippen MR) is 221 cm³/mol. The van der Waals surface area contributed by atoms with Crippen LogP contribution in [0.2, 0.25) is 5.02 Å². The van der Waals surface area contributed by atoms with Gasteiger partial charge in [0.1, 0.15) is 61.1 Å². The minimum absolute atomic E-state index is 0.138. The third kappa shape index (κ3) is 7.48. The molecule has 8 rings (SSSR count). The van der Waals surface area contributed by atoms with Gasteiger partial charge in [0, 0.05) is 40.5 Å². The van der Waals surface area contributed by atoms with Gasteiger partial charge in [-0.2, -0.15) is 4.58 Å². The molecule has 4 N–H and O–H groups in total. The number of carbonyl (C=O) groups excluding carboxylic acids is 1. The fourth-order valence-electron chi connectivity index (χ4n) is 8.50. The van der Waals surface area contributed by atoms with Crippen molar-refractivity contribution < 1.29 is 53.5 Å². The first kappa shape index (κ1) is 40.5. The van der Waals surface area contributed by atoms with Gasteiger partial charge in [-0.05, 0) is 80.2 Å². The molecular weight excluding hydrogens is 774 g/mol. The molecule has 0 amide bonds. The lowest BCUT2D eigenvalue weighted by atomic mass is 9.80. The smallest absolute Gasteiger partial charge is 0.338 e. The minimum Gasteiger partial charge on any atom is -0.487 e. The molecule has 5 atom stereocenters. The summed E-state index contributed by atoms with van der Waals surface area (Å²) < 4.78 is 31.8. The molecule has 0 saturated carbocycles. The second-order valence-electron chi connectivity index (χ2n) is 15.6. The van der Waals surface area contributed by atoms with Crippen LogP contribution in [-0.4, -0.2) is 88.2 Å². The summed E-state index contributed by atoms with van der Waals surface area (Å²) in [6.45, 7) is 4.06. The fourth-order valence-corrected chi connectivity index (χ4v) is 8.72. The number of benzene rings is 4. The summed E-state index contributed by atoms with van der Waals surface area (Å²) in [5, 5.41) is 40.5. The number of esters is 1. The quantitative estimate of drug-likeness (QED) is 0.0998. The van der Waals surface area contributed by atoms with Crippen molar-refractivity contribution in [2.24, 2.45) is 0 Å². The number of nitrogens with zero attached hydrogens (tertiary/aromatic N) is 1. The van der Waals surface area contributed by atoms with Crippen LogP contribution in [0.25, 0.3) is 5.57 Å². The first-order valence-corrected chi connectivity index (χ1v) is 20.0. The zero-order valence-electron chi connectivity index (χ0n) is 33.2. The molecule has 11 nitrogen and oxygen atoms in total. The number of ether oxygens (including phenoxy) is 5. The molecule has 0 spiro atoms. The van der Waals surface area contributed by atoms with Crippen LogP contribution < -0.4 is 14.2 Å². The molecule has 1 aliphatic carbocycles. The van der Waals surface area contributed by atoms with Crippen LogP contribution in [0.3, 0.4) is 0 Å². The lowest BCUT2D eigenvalue weighted by Crippen LogP contribution is -2.60. The molecule has 3 aliphatic heterocycles. The molecule has 0 radical (unpaired) electrons. The lowest BCUT2D eigenvalue weighted by molar-refractivity contribution is -0.401. The average molecular weight is 821 g/mol. The Labute approximate surface area is 347 Å². The molecule has 12 heteroatoms. The SMILES string of the molecule is COC(=O)c1ccccc1C1=C2CCCC(/C=C/C3=[N+](C)c4ccccc4C3(C)C)=C2Oc2cc(OCc3ccc(OC4O[C@H](CO)[C@H](O)[C@H](O)[C@H]4O)cc3)c(Cl)cc21. The van der Waals surface area contributed by atoms with E-state index in [1.165, 1.54) is 24.1 Å². The largest absolute Gasteiger partial charge is 0.487 e. The van der Waals surface area contributed by atoms with Crippen LogP contribution in [0.1, 0.15) is 65.7 Å². The number of methoxy groups -OCH3 is 1. The minimum atomic E-state index is -1.55. The van der Waals surface area contributed by atoms with Crippen molar-refractivity contribution in [2.75, 3.05) is 20.8 Å². The number of rotatable bonds is 10. The summed E-state index contributed by atoms with van der Waals surface area (Å²) in [5.41, 5.74) is 8.98. The number of fused-ring (bicyclic) bond motifs is 3. The molecule has 1 unspecified atom stereocenters. The van der Waals surface area contributed by atoms with Crippen LogP contribution >= 0.6 is 11.6 Å². The summed E-state index contributed by atoms with van der Waals surface area (Å²) in [5.74, 6) is 1.56. The molecule has 4 aromatic rings. The van der Waals surface area contributed by atoms with Gasteiger partial charge in [-0.3, -0.25) is 0 Å². The lowest BCUT2D eigenvalue weighted by Gasteiger charge is -2.39. The fraction of sp³-hybridized carbons (Fsp3) is 0.319. The Kier molecular flexibility index (Phi) is 11.3. The molecule has 1 fully saturated rings. The Bertz CT molecular complexity index is 2410. The van der Waals surface area contributed by atoms with Gasteiger partial charge in [0.25, 0.3) is 0 Å². The van der Waals surface area contributed by atoms with Crippen molar-refractivity contribution in [1.29, 1.82) is 0 Å². The van der Waals surface area contributed by atoms with Gasteiger partial charge >= 0.3 is 5.97 Å². The maximum atomic E-state index is 13.2. The van der Waals surface area contributed by atoms with Crippen molar-refractivity contribution in [3.63, 3.8) is 0 Å². The zero-order chi connectivity index (χ0) is 41.6. The van der Waals surface area contributed by atoms with Crippen LogP contribution in [0.4, 0.5) is 5.69 Å². The number of carbonyl (C=O) groups is 1. The topological polar surface area (TPSA) is 147 Å². The number of aliphatic hydroxyl groups excluding tert-OH is 4. The first-order valence-electron chi connectivity index (χ1n) is 19.6. The van der Waals surface area contributed by atoms with Gasteiger partial charge in [-0.25, -0.2) is 4.79 Å². The highest BCUT2D eigenvalue weighted by Crippen LogP contribution is 2.50. The van der Waals surface area contributed by atoms with E-state index in [9.17, 15) is 25.2 Å². The van der Waals surface area contributed by atoms with Crippen LogP contribution in [0.5, 0.6) is 17.2 Å². The number of hydrogen-bond acceptors (Lipinski definition) is 10. The highest BCUT2D eigenvalue weighted by molar-refractivity contribution is 6.32. The van der Waals surface area contributed by atoms with Gasteiger partial charge < -0.3 is 44.1 Å². The van der Waals surface area contributed by atoms with E-state index < -0.39 is 43.3 Å². The Morgan fingerprint density at radius 3 is 2.42 bits per heavy atom. The van der Waals surface area contributed by atoms with Gasteiger partial charge in [0.15, 0.2) is 5.71 Å². The number of para-hydroxylation sites is 1. The third-order valence-corrected chi connectivity index (χ3v) is 12.0. The first-order chi connectivity index (χ1) is 28.4. The number of hydrogen-bond donors (Lipinski definition) is 4. The van der Waals surface area contributed by atoms with Crippen LogP contribution in [0, 0.1) is 0 Å². The van der Waals surface area contributed by atoms with E-state index in [0.29, 0.717) is 27.8 Å². The van der Waals surface area contributed by atoms with Crippen molar-refractivity contribution in [3.8, 4) is 17.2 Å². The van der Waals surface area contributed by atoms with Crippen LogP contribution in [0.15, 0.2) is 114 Å². The van der Waals surface area contributed by atoms with Crippen molar-refractivity contribution in [2.45, 2.75) is 75.8 Å². The second kappa shape index (κ2) is 16.4. The van der Waals surface area contributed by atoms with Gasteiger partial charge in [0.05, 0.1) is 29.7 Å². The van der Waals surface area contributed by atoms with E-state index in [1.54, 1.807) is 36.4 Å². The van der Waals surface area contributed by atoms with Crippen LogP contribution in [-0.2, 0) is 21.5 Å². The highest BCUT2D eigenvalue weighted by atomic mass is 35.5. The van der Waals surface area contributed by atoms with E-state index in [2.05, 4.69) is 61.9 Å². The van der Waals surface area contributed by atoms with Crippen molar-refractivity contribution in [1.82, 2.24) is 0 Å². The summed E-state index contributed by atoms with van der Waals surface area (Å²) in [6.07, 6.45) is -0.166. The molecule has 1 saturated heterocycles. The van der Waals surface area contributed by atoms with E-state index in [0.717, 1.165) is 58.4 Å². The van der Waals surface area contributed by atoms with E-state index in [-0.39, 0.29) is 12.0 Å². The maximum Gasteiger partial charge on any atom is 0.338 e.